The van der Waals surface area contributed by atoms with E-state index in [-0.39, 0.29) is 12.3 Å². The summed E-state index contributed by atoms with van der Waals surface area (Å²) in [4.78, 5) is 18.2. The minimum Gasteiger partial charge on any atom is -0.387 e. The third kappa shape index (κ3) is 23.1. The van der Waals surface area contributed by atoms with Crippen molar-refractivity contribution in [2.24, 2.45) is 17.8 Å². The number of rotatable bonds is 29. The van der Waals surface area contributed by atoms with Crippen molar-refractivity contribution in [3.05, 3.63) is 525 Å². The summed E-state index contributed by atoms with van der Waals surface area (Å²) in [5.74, 6) is 1.89. The fraction of sp³-hybridized carbons (Fsp3) is 0.157. The van der Waals surface area contributed by atoms with Crippen LogP contribution in [0.2, 0.25) is 0 Å². The van der Waals surface area contributed by atoms with E-state index >= 15 is 0 Å². The molecule has 1 atom stereocenters. The van der Waals surface area contributed by atoms with Crippen LogP contribution >= 0.6 is 0 Å². The molecule has 7 N–H and O–H groups in total. The fourth-order valence-electron chi connectivity index (χ4n) is 21.1. The van der Waals surface area contributed by atoms with Gasteiger partial charge in [0.15, 0.2) is 0 Å². The van der Waals surface area contributed by atoms with Crippen molar-refractivity contribution in [3.8, 4) is 45.3 Å². The Bertz CT molecular complexity index is 7830. The van der Waals surface area contributed by atoms with E-state index in [9.17, 15) is 0 Å². The van der Waals surface area contributed by atoms with Crippen LogP contribution in [0.3, 0.4) is 0 Å². The summed E-state index contributed by atoms with van der Waals surface area (Å²) in [6.45, 7) is 25.6. The van der Waals surface area contributed by atoms with E-state index in [0.717, 1.165) is 136 Å². The third-order valence-electron chi connectivity index (χ3n) is 28.0. The Morgan fingerprint density at radius 1 is 0.503 bits per heavy atom. The van der Waals surface area contributed by atoms with Gasteiger partial charge < -0.3 is 31.2 Å². The molecule has 0 bridgehead atoms. The van der Waals surface area contributed by atoms with Gasteiger partial charge in [-0.3, -0.25) is 14.9 Å². The molecule has 0 radical (unpaired) electrons. The maximum Gasteiger partial charge on any atom is 0.235 e. The van der Waals surface area contributed by atoms with Gasteiger partial charge in [0.1, 0.15) is 12.0 Å². The molecule has 1 fully saturated rings. The Morgan fingerprint density at radius 3 is 1.71 bits per heavy atom. The number of nitrogens with one attached hydrogen (secondary N) is 2. The number of hydrogen-bond acceptors (Lipinski definition) is 7. The lowest BCUT2D eigenvalue weighted by molar-refractivity contribution is 0.262. The molecule has 0 saturated heterocycles. The molecular weight excluding hydrogens is 1760 g/mol. The summed E-state index contributed by atoms with van der Waals surface area (Å²) in [7, 11) is 2.19. The molecule has 11 heteroatoms. The van der Waals surface area contributed by atoms with E-state index in [1.807, 2.05) is 61.6 Å². The second-order valence-corrected chi connectivity index (χ2v) is 37.2. The Kier molecular flexibility index (Phi) is 33.6. The van der Waals surface area contributed by atoms with Gasteiger partial charge >= 0.3 is 0 Å². The summed E-state index contributed by atoms with van der Waals surface area (Å²) in [6, 6.07) is 132. The maximum atomic E-state index is 6.79. The van der Waals surface area contributed by atoms with Crippen molar-refractivity contribution < 1.29 is 0 Å². The van der Waals surface area contributed by atoms with E-state index < -0.39 is 0 Å². The standard InChI is InChI=1S/C50H32N4.C45H46N2.C36H44N4.C3H6.H3N/c1-4-15-33(16-5-1)36-23-14-24-39(29-36)53-47-31-38-22-11-10-21-37(38)30-42(47)40-27-28-46-48(49(40)53)41-25-12-13-26-45(41)54(46)50-51-43(34-17-6-2-7-18-34)32-44(52-50)35-19-8-3-9-20-35;1-5-37(6-2)41(7-3)43-34-47(40(31-28-35-20-12-9-13-21-35)32-29-36-22-14-10-15-23-36)45(8-4)42(43)33-30-38-24-18-19-27-44(38)46-39-25-16-11-17-26-39;1-3-16-35(38-26-27-17-10-8-11-18-27)39-34(37)25-32-29(28-19-12-9-13-20-28)23-24-31-30-21-14-6-4-5-7-15-22-33(30)40(2)36(31)32;1-3-2;/h1-32H;5-27,30,33,40,46H,1,3-4,28-29,31-32,34H2,2H3;3-7,10,14-15,17-18,21-24,28,35,38H,1,8-9,11-13,16,19-20,25-26H2,2H3,(H2,37,39);3H,1H2,2H3;1H3/b;33-30+,37-6-,43-41+;;;. The number of aromatic nitrogens is 5. The van der Waals surface area contributed by atoms with Gasteiger partial charge in [-0.25, -0.2) is 9.97 Å². The van der Waals surface area contributed by atoms with Crippen molar-refractivity contribution >= 4 is 99.5 Å². The highest BCUT2D eigenvalue weighted by atomic mass is 15.2. The van der Waals surface area contributed by atoms with Crippen LogP contribution in [0.25, 0.3) is 128 Å². The van der Waals surface area contributed by atoms with Crippen molar-refractivity contribution in [1.29, 1.82) is 0 Å². The fourth-order valence-corrected chi connectivity index (χ4v) is 21.1. The average molecular weight is 1900 g/mol. The number of amidine groups is 1. The largest absolute Gasteiger partial charge is 0.387 e. The molecule has 18 aromatic rings. The molecule has 722 valence electrons. The number of fused-ring (bicyclic) bond motifs is 11. The predicted octanol–water partition coefficient (Wildman–Crippen LogP) is 33.8. The molecular formula is C134H131N11. The molecule has 3 aliphatic rings. The zero-order valence-corrected chi connectivity index (χ0v) is 83.9. The van der Waals surface area contributed by atoms with E-state index in [4.69, 9.17) is 20.7 Å². The molecule has 5 heterocycles. The summed E-state index contributed by atoms with van der Waals surface area (Å²) in [5, 5.41) is 16.9. The molecule has 0 amide bonds. The van der Waals surface area contributed by atoms with E-state index in [2.05, 4.69) is 452 Å². The normalized spacial score (nSPS) is 13.8. The third-order valence-corrected chi connectivity index (χ3v) is 28.0. The molecule has 2 aliphatic carbocycles. The Labute approximate surface area is 855 Å². The second kappa shape index (κ2) is 48.7. The lowest BCUT2D eigenvalue weighted by atomic mass is 9.81. The monoisotopic (exact) mass is 1890 g/mol. The lowest BCUT2D eigenvalue weighted by Crippen LogP contribution is -2.33. The number of para-hydroxylation sites is 3. The molecule has 1 aliphatic heterocycles. The minimum absolute atomic E-state index is 0. The topological polar surface area (TPSA) is 141 Å². The molecule has 21 rings (SSSR count). The zero-order valence-electron chi connectivity index (χ0n) is 83.9. The van der Waals surface area contributed by atoms with Crippen LogP contribution in [-0.2, 0) is 26.3 Å². The van der Waals surface area contributed by atoms with Crippen LogP contribution in [-0.4, -0.2) is 59.7 Å². The first-order valence-electron chi connectivity index (χ1n) is 50.9. The number of aryl methyl sites for hydroxylation is 3. The summed E-state index contributed by atoms with van der Waals surface area (Å²) < 4.78 is 7.09. The number of anilines is 2. The van der Waals surface area contributed by atoms with Gasteiger partial charge in [-0.2, -0.15) is 0 Å². The quantitative estimate of drug-likeness (QED) is 0.0158. The number of benzene rings is 13. The molecule has 14 aromatic carbocycles. The van der Waals surface area contributed by atoms with Crippen molar-refractivity contribution in [1.82, 2.24) is 40.0 Å². The summed E-state index contributed by atoms with van der Waals surface area (Å²) in [5.41, 5.74) is 36.9. The molecule has 1 saturated carbocycles. The van der Waals surface area contributed by atoms with Gasteiger partial charge in [0.2, 0.25) is 5.95 Å². The molecule has 1 unspecified atom stereocenters. The van der Waals surface area contributed by atoms with Crippen LogP contribution in [0.5, 0.6) is 0 Å². The number of allylic oxidation sites excluding steroid dienone is 10. The number of aliphatic imine (C=N–C) groups is 1. The van der Waals surface area contributed by atoms with E-state index in [1.54, 1.807) is 6.08 Å². The number of hydrogen-bond donors (Lipinski definition) is 4. The summed E-state index contributed by atoms with van der Waals surface area (Å²) >= 11 is 0. The van der Waals surface area contributed by atoms with E-state index in [1.165, 1.54) is 142 Å². The Hall–Kier alpha value is -16.6. The highest BCUT2D eigenvalue weighted by Crippen LogP contribution is 2.46. The SMILES string of the molecule is C=CC.C=CC1=C(/C=C/c2ccccc2Nc2ccccc2)/C(=C(C=C)/C(C=C)=C\C)CN1C(CCc1ccccc1)CCc1ccccc1.C=CCC(N=C(N)Cc1c(C2CCCCC2)ccc2c3ccccccccc3n(C)c12)NCC1=CCCC=C1.N.c1ccc(-c2cccc(-n3c4cc5ccccc5cc4c4ccc5c(c6ccccc6n5-c5nc(-c6ccccc6)cc(-c6ccccc6)n5)c43)c2)cc1. The van der Waals surface area contributed by atoms with Gasteiger partial charge in [-0.05, 0) is 216 Å². The van der Waals surface area contributed by atoms with Crippen LogP contribution in [0.4, 0.5) is 11.4 Å². The van der Waals surface area contributed by atoms with Crippen LogP contribution in [0.1, 0.15) is 112 Å². The first-order chi connectivity index (χ1) is 71.0. The first-order valence-corrected chi connectivity index (χ1v) is 50.9. The van der Waals surface area contributed by atoms with Gasteiger partial charge in [0.05, 0.1) is 39.0 Å². The number of nitrogens with zero attached hydrogens (tertiary/aromatic N) is 7. The van der Waals surface area contributed by atoms with Gasteiger partial charge in [0.25, 0.3) is 0 Å². The van der Waals surface area contributed by atoms with Gasteiger partial charge in [0, 0.05) is 116 Å². The minimum atomic E-state index is -0.0864. The second-order valence-electron chi connectivity index (χ2n) is 37.2. The first kappa shape index (κ1) is 100.0. The zero-order chi connectivity index (χ0) is 98.9. The highest BCUT2D eigenvalue weighted by Gasteiger charge is 2.33. The predicted molar refractivity (Wildman–Crippen MR) is 621 cm³/mol. The van der Waals surface area contributed by atoms with Crippen LogP contribution < -0.4 is 22.5 Å². The van der Waals surface area contributed by atoms with Crippen molar-refractivity contribution in [2.45, 2.75) is 115 Å². The lowest BCUT2D eigenvalue weighted by Gasteiger charge is -2.32. The molecule has 145 heavy (non-hydrogen) atoms. The molecule has 11 nitrogen and oxygen atoms in total. The average Bonchev–Trinajstić information content (AvgIpc) is 1.54. The van der Waals surface area contributed by atoms with Crippen LogP contribution in [0.15, 0.2) is 502 Å². The summed E-state index contributed by atoms with van der Waals surface area (Å²) in [6.07, 6.45) is 37.1. The molecule has 4 aromatic heterocycles. The van der Waals surface area contributed by atoms with Crippen LogP contribution in [0, 0.1) is 0 Å². The van der Waals surface area contributed by atoms with E-state index in [0.29, 0.717) is 30.2 Å². The Balaban J connectivity index is 0.000000148. The number of nitrogens with two attached hydrogens (primary N) is 1. The maximum absolute atomic E-state index is 6.79. The highest BCUT2D eigenvalue weighted by molar-refractivity contribution is 6.27. The smallest absolute Gasteiger partial charge is 0.235 e. The van der Waals surface area contributed by atoms with Crippen molar-refractivity contribution in [2.75, 3.05) is 18.4 Å². The van der Waals surface area contributed by atoms with Gasteiger partial charge in [-0.15, -0.1) is 13.2 Å². The Morgan fingerprint density at radius 2 is 1.07 bits per heavy atom. The van der Waals surface area contributed by atoms with Crippen molar-refractivity contribution in [3.63, 3.8) is 0 Å². The molecule has 0 spiro atoms. The van der Waals surface area contributed by atoms with Gasteiger partial charge in [-0.1, -0.05) is 403 Å².